The van der Waals surface area contributed by atoms with E-state index in [0.717, 1.165) is 30.7 Å². The average molecular weight is 348 g/mol. The van der Waals surface area contributed by atoms with Crippen molar-refractivity contribution in [3.8, 4) is 17.0 Å². The third-order valence-electron chi connectivity index (χ3n) is 3.82. The van der Waals surface area contributed by atoms with Crippen LogP contribution in [0.3, 0.4) is 0 Å². The minimum absolute atomic E-state index is 0.0983. The van der Waals surface area contributed by atoms with Gasteiger partial charge in [0, 0.05) is 17.6 Å². The molecule has 1 aliphatic rings. The number of benzene rings is 1. The van der Waals surface area contributed by atoms with Gasteiger partial charge in [0.05, 0.1) is 18.4 Å². The molecule has 1 saturated heterocycles. The minimum atomic E-state index is -0.560. The lowest BCUT2D eigenvalue weighted by Crippen LogP contribution is -2.30. The van der Waals surface area contributed by atoms with E-state index in [9.17, 15) is 9.90 Å². The van der Waals surface area contributed by atoms with Gasteiger partial charge in [-0.1, -0.05) is 0 Å². The van der Waals surface area contributed by atoms with Gasteiger partial charge >= 0.3 is 0 Å². The Morgan fingerprint density at radius 1 is 1.50 bits per heavy atom. The number of amides is 1. The van der Waals surface area contributed by atoms with E-state index in [0.29, 0.717) is 11.7 Å². The molecule has 1 aliphatic heterocycles. The molecule has 2 atom stereocenters. The molecule has 6 nitrogen and oxygen atoms in total. The highest BCUT2D eigenvalue weighted by atomic mass is 32.1. The molecule has 1 aromatic carbocycles. The van der Waals surface area contributed by atoms with Crippen molar-refractivity contribution in [2.75, 3.05) is 18.5 Å². The van der Waals surface area contributed by atoms with Crippen molar-refractivity contribution in [2.24, 2.45) is 0 Å². The van der Waals surface area contributed by atoms with E-state index in [-0.39, 0.29) is 17.8 Å². The summed E-state index contributed by atoms with van der Waals surface area (Å²) in [5.41, 5.74) is 1.63. The molecule has 1 aromatic heterocycles. The first-order valence-corrected chi connectivity index (χ1v) is 8.79. The largest absolute Gasteiger partial charge is 0.508 e. The summed E-state index contributed by atoms with van der Waals surface area (Å²) < 4.78 is 11.1. The lowest BCUT2D eigenvalue weighted by molar-refractivity contribution is -0.128. The lowest BCUT2D eigenvalue weighted by Gasteiger charge is -2.15. The second-order valence-corrected chi connectivity index (χ2v) is 6.54. The summed E-state index contributed by atoms with van der Waals surface area (Å²) in [6.07, 6.45) is 1.57. The van der Waals surface area contributed by atoms with Crippen molar-refractivity contribution in [3.05, 3.63) is 29.6 Å². The molecule has 2 heterocycles. The zero-order valence-electron chi connectivity index (χ0n) is 13.4. The van der Waals surface area contributed by atoms with E-state index < -0.39 is 6.10 Å². The van der Waals surface area contributed by atoms with Crippen molar-refractivity contribution >= 4 is 22.4 Å². The molecule has 0 spiro atoms. The Morgan fingerprint density at radius 3 is 3.00 bits per heavy atom. The second-order valence-electron chi connectivity index (χ2n) is 5.68. The van der Waals surface area contributed by atoms with Crippen LogP contribution in [-0.4, -0.2) is 41.4 Å². The van der Waals surface area contributed by atoms with E-state index in [1.54, 1.807) is 31.2 Å². The number of nitrogens with zero attached hydrogens (tertiary/aromatic N) is 1. The van der Waals surface area contributed by atoms with Crippen molar-refractivity contribution < 1.29 is 19.4 Å². The topological polar surface area (TPSA) is 80.7 Å². The Kier molecular flexibility index (Phi) is 5.44. The molecule has 1 fully saturated rings. The molecule has 0 aliphatic carbocycles. The van der Waals surface area contributed by atoms with Crippen LogP contribution in [0, 0.1) is 0 Å². The zero-order valence-corrected chi connectivity index (χ0v) is 14.2. The van der Waals surface area contributed by atoms with Crippen molar-refractivity contribution in [1.29, 1.82) is 0 Å². The highest BCUT2D eigenvalue weighted by molar-refractivity contribution is 7.14. The normalized spacial score (nSPS) is 18.5. The van der Waals surface area contributed by atoms with Gasteiger partial charge in [0.15, 0.2) is 5.13 Å². The van der Waals surface area contributed by atoms with Crippen LogP contribution < -0.4 is 5.32 Å². The Balaban J connectivity index is 1.53. The fraction of sp³-hybridized carbons (Fsp3) is 0.412. The van der Waals surface area contributed by atoms with Crippen LogP contribution in [0.25, 0.3) is 11.3 Å². The number of hydrogen-bond acceptors (Lipinski definition) is 6. The molecule has 2 unspecified atom stereocenters. The van der Waals surface area contributed by atoms with Gasteiger partial charge in [0.1, 0.15) is 11.9 Å². The molecule has 128 valence electrons. The molecule has 24 heavy (non-hydrogen) atoms. The highest BCUT2D eigenvalue weighted by Crippen LogP contribution is 2.26. The second kappa shape index (κ2) is 7.74. The lowest BCUT2D eigenvalue weighted by atomic mass is 10.2. The molecule has 0 radical (unpaired) electrons. The summed E-state index contributed by atoms with van der Waals surface area (Å²) in [5.74, 6) is -0.0145. The van der Waals surface area contributed by atoms with Crippen LogP contribution in [0.1, 0.15) is 19.8 Å². The SMILES string of the molecule is CC(OCC1CCCO1)C(=O)Nc1nc(-c2ccc(O)cc2)cs1. The van der Waals surface area contributed by atoms with Crippen LogP contribution in [0.15, 0.2) is 29.6 Å². The zero-order chi connectivity index (χ0) is 16.9. The predicted molar refractivity (Wildman–Crippen MR) is 92.2 cm³/mol. The third kappa shape index (κ3) is 4.31. The summed E-state index contributed by atoms with van der Waals surface area (Å²) in [4.78, 5) is 16.6. The molecular weight excluding hydrogens is 328 g/mol. The fourth-order valence-electron chi connectivity index (χ4n) is 2.41. The van der Waals surface area contributed by atoms with Crippen molar-refractivity contribution in [1.82, 2.24) is 4.98 Å². The van der Waals surface area contributed by atoms with Crippen molar-refractivity contribution in [3.63, 3.8) is 0 Å². The maximum Gasteiger partial charge on any atom is 0.254 e. The first-order chi connectivity index (χ1) is 11.6. The maximum absolute atomic E-state index is 12.2. The smallest absolute Gasteiger partial charge is 0.254 e. The number of rotatable bonds is 6. The summed E-state index contributed by atoms with van der Waals surface area (Å²) in [6.45, 7) is 2.93. The monoisotopic (exact) mass is 348 g/mol. The maximum atomic E-state index is 12.2. The number of phenols is 1. The molecule has 0 saturated carbocycles. The number of hydrogen-bond donors (Lipinski definition) is 2. The molecule has 2 N–H and O–H groups in total. The van der Waals surface area contributed by atoms with Crippen LogP contribution in [-0.2, 0) is 14.3 Å². The van der Waals surface area contributed by atoms with Gasteiger partial charge in [-0.3, -0.25) is 10.1 Å². The molecule has 1 amide bonds. The van der Waals surface area contributed by atoms with Gasteiger partial charge in [-0.25, -0.2) is 4.98 Å². The number of aromatic nitrogens is 1. The minimum Gasteiger partial charge on any atom is -0.508 e. The van der Waals surface area contributed by atoms with Gasteiger partial charge in [0.25, 0.3) is 5.91 Å². The Hall–Kier alpha value is -1.96. The Bertz CT molecular complexity index is 680. The summed E-state index contributed by atoms with van der Waals surface area (Å²) in [7, 11) is 0. The Morgan fingerprint density at radius 2 is 2.29 bits per heavy atom. The van der Waals surface area contributed by atoms with Crippen molar-refractivity contribution in [2.45, 2.75) is 32.0 Å². The number of nitrogens with one attached hydrogen (secondary N) is 1. The molecule has 3 rings (SSSR count). The van der Waals surface area contributed by atoms with E-state index >= 15 is 0 Å². The molecule has 0 bridgehead atoms. The molecule has 2 aromatic rings. The number of aromatic hydroxyl groups is 1. The fourth-order valence-corrected chi connectivity index (χ4v) is 3.13. The van der Waals surface area contributed by atoms with E-state index in [1.807, 2.05) is 5.38 Å². The standard InChI is InChI=1S/C17H20N2O4S/c1-11(23-9-14-3-2-8-22-14)16(21)19-17-18-15(10-24-17)12-4-6-13(20)7-5-12/h4-7,10-11,14,20H,2-3,8-9H2,1H3,(H,18,19,21). The van der Waals surface area contributed by atoms with Gasteiger partial charge in [-0.05, 0) is 44.0 Å². The van der Waals surface area contributed by atoms with Gasteiger partial charge < -0.3 is 14.6 Å². The number of carbonyl (C=O) groups is 1. The van der Waals surface area contributed by atoms with E-state index in [1.165, 1.54) is 11.3 Å². The molecule has 7 heteroatoms. The van der Waals surface area contributed by atoms with E-state index in [4.69, 9.17) is 9.47 Å². The number of anilines is 1. The van der Waals surface area contributed by atoms with Crippen LogP contribution in [0.5, 0.6) is 5.75 Å². The van der Waals surface area contributed by atoms with Crippen LogP contribution >= 0.6 is 11.3 Å². The van der Waals surface area contributed by atoms with Crippen LogP contribution in [0.4, 0.5) is 5.13 Å². The number of phenolic OH excluding ortho intramolecular Hbond substituents is 1. The van der Waals surface area contributed by atoms with Gasteiger partial charge in [-0.15, -0.1) is 11.3 Å². The number of ether oxygens (including phenoxy) is 2. The number of thiazole rings is 1. The third-order valence-corrected chi connectivity index (χ3v) is 4.58. The molecular formula is C17H20N2O4S. The summed E-state index contributed by atoms with van der Waals surface area (Å²) >= 11 is 1.35. The highest BCUT2D eigenvalue weighted by Gasteiger charge is 2.20. The summed E-state index contributed by atoms with van der Waals surface area (Å²) in [5, 5.41) is 14.5. The first kappa shape index (κ1) is 16.9. The van der Waals surface area contributed by atoms with Gasteiger partial charge in [0.2, 0.25) is 0 Å². The van der Waals surface area contributed by atoms with Gasteiger partial charge in [-0.2, -0.15) is 0 Å². The quantitative estimate of drug-likeness (QED) is 0.839. The average Bonchev–Trinajstić information content (AvgIpc) is 3.25. The first-order valence-electron chi connectivity index (χ1n) is 7.91. The summed E-state index contributed by atoms with van der Waals surface area (Å²) in [6, 6.07) is 6.77. The van der Waals surface area contributed by atoms with Crippen LogP contribution in [0.2, 0.25) is 0 Å². The Labute approximate surface area is 144 Å². The predicted octanol–water partition coefficient (Wildman–Crippen LogP) is 3.04. The van der Waals surface area contributed by atoms with E-state index in [2.05, 4.69) is 10.3 Å². The number of carbonyl (C=O) groups excluding carboxylic acids is 1.